The Morgan fingerprint density at radius 3 is 2.18 bits per heavy atom. The molecule has 5 heteroatoms. The van der Waals surface area contributed by atoms with Gasteiger partial charge in [-0.25, -0.2) is 0 Å². The zero-order valence-electron chi connectivity index (χ0n) is 16.9. The van der Waals surface area contributed by atoms with Gasteiger partial charge in [0, 0.05) is 0 Å². The second-order valence-electron chi connectivity index (χ2n) is 7.67. The molecular formula is C23H27Cl2N2Ti. The fourth-order valence-corrected chi connectivity index (χ4v) is 3.98. The molecular weight excluding hydrogens is 423 g/mol. The van der Waals surface area contributed by atoms with Crippen LogP contribution in [0.4, 0.5) is 5.69 Å². The third kappa shape index (κ3) is 5.52. The molecule has 28 heavy (non-hydrogen) atoms. The smallest absolute Gasteiger partial charge is 1.00 e. The minimum atomic E-state index is -0.108. The predicted molar refractivity (Wildman–Crippen MR) is 108 cm³/mol. The molecule has 0 aliphatic heterocycles. The third-order valence-corrected chi connectivity index (χ3v) is 6.22. The van der Waals surface area contributed by atoms with Gasteiger partial charge in [0.05, 0.1) is 0 Å². The van der Waals surface area contributed by atoms with Gasteiger partial charge in [0.25, 0.3) is 0 Å². The summed E-state index contributed by atoms with van der Waals surface area (Å²) in [5.41, 5.74) is 6.70. The van der Waals surface area contributed by atoms with Crippen molar-refractivity contribution in [2.45, 2.75) is 25.8 Å². The van der Waals surface area contributed by atoms with E-state index in [9.17, 15) is 0 Å². The molecule has 0 unspecified atom stereocenters. The van der Waals surface area contributed by atoms with Crippen LogP contribution in [0.5, 0.6) is 0 Å². The summed E-state index contributed by atoms with van der Waals surface area (Å²) in [7, 11) is 4.25. The van der Waals surface area contributed by atoms with E-state index in [4.69, 9.17) is 0 Å². The minimum Gasteiger partial charge on any atom is -1.00 e. The molecule has 0 N–H and O–H groups in total. The summed E-state index contributed by atoms with van der Waals surface area (Å²) in [6.07, 6.45) is 5.75. The number of rotatable bonds is 6. The van der Waals surface area contributed by atoms with Crippen molar-refractivity contribution in [1.82, 2.24) is 4.90 Å². The Labute approximate surface area is 194 Å². The zero-order chi connectivity index (χ0) is 18.7. The maximum atomic E-state index is 2.37. The Hall–Kier alpha value is -1.03. The van der Waals surface area contributed by atoms with Gasteiger partial charge in [-0.3, -0.25) is 0 Å². The van der Waals surface area contributed by atoms with Crippen LogP contribution in [-0.4, -0.2) is 25.5 Å². The van der Waals surface area contributed by atoms with Crippen LogP contribution in [-0.2, 0) is 26.2 Å². The van der Waals surface area contributed by atoms with Crippen molar-refractivity contribution in [1.29, 1.82) is 0 Å². The molecule has 0 aromatic heterocycles. The standard InChI is InChI=1S/C23H27N2.2ClH.Ti/c1-23(2,24-20-10-6-5-7-11-20)22-13-9-8-12-21(22)19-15-14-18(16-19)17-25(3)4;;;/h5-14,16H,15,17H2,1-4H3;2*1H;/q-1;;;+3/p-2. The summed E-state index contributed by atoms with van der Waals surface area (Å²) in [6, 6.07) is 19.5. The number of halogens is 2. The second-order valence-corrected chi connectivity index (χ2v) is 8.36. The molecule has 1 aliphatic rings. The van der Waals surface area contributed by atoms with Crippen molar-refractivity contribution < 1.29 is 45.5 Å². The van der Waals surface area contributed by atoms with E-state index in [0.29, 0.717) is 0 Å². The molecule has 0 atom stereocenters. The number of likely N-dealkylation sites (N-methyl/N-ethyl adjacent to an activating group) is 1. The summed E-state index contributed by atoms with van der Waals surface area (Å²) < 4.78 is 2.37. The molecule has 2 aromatic carbocycles. The SMILES string of the molecule is CN(C)CC1=CCC(c2ccccc2C(C)(C)[N]([Ti+2])c2ccccc2)=C1.[Cl-].[Cl-]. The van der Waals surface area contributed by atoms with Crippen molar-refractivity contribution in [2.24, 2.45) is 0 Å². The molecule has 2 aromatic rings. The van der Waals surface area contributed by atoms with Gasteiger partial charge in [0.1, 0.15) is 0 Å². The molecule has 0 saturated carbocycles. The average molecular weight is 450 g/mol. The largest absolute Gasteiger partial charge is 1.00 e. The second kappa shape index (κ2) is 10.7. The van der Waals surface area contributed by atoms with E-state index in [1.807, 2.05) is 0 Å². The molecule has 0 saturated heterocycles. The maximum absolute atomic E-state index is 2.37. The summed E-state index contributed by atoms with van der Waals surface area (Å²) in [5.74, 6) is 0. The number of nitrogens with zero attached hydrogens (tertiary/aromatic N) is 2. The number of hydrogen-bond donors (Lipinski definition) is 0. The number of anilines is 1. The molecule has 147 valence electrons. The summed E-state index contributed by atoms with van der Waals surface area (Å²) in [6.45, 7) is 5.62. The molecule has 0 amide bonds. The number of benzene rings is 2. The van der Waals surface area contributed by atoms with Crippen molar-refractivity contribution in [2.75, 3.05) is 24.0 Å². The van der Waals surface area contributed by atoms with Gasteiger partial charge in [-0.05, 0) is 0 Å². The van der Waals surface area contributed by atoms with E-state index >= 15 is 0 Å². The first-order valence-corrected chi connectivity index (χ1v) is 9.80. The summed E-state index contributed by atoms with van der Waals surface area (Å²) >= 11 is 2.19. The molecule has 0 spiro atoms. The monoisotopic (exact) mass is 449 g/mol. The van der Waals surface area contributed by atoms with Crippen LogP contribution in [0.3, 0.4) is 0 Å². The fraction of sp³-hybridized carbons (Fsp3) is 0.304. The van der Waals surface area contributed by atoms with Crippen LogP contribution in [0.25, 0.3) is 5.57 Å². The van der Waals surface area contributed by atoms with E-state index in [-0.39, 0.29) is 30.4 Å². The van der Waals surface area contributed by atoms with Crippen LogP contribution in [0.2, 0.25) is 0 Å². The van der Waals surface area contributed by atoms with Crippen LogP contribution >= 0.6 is 0 Å². The molecule has 0 radical (unpaired) electrons. The molecule has 0 heterocycles. The quantitative estimate of drug-likeness (QED) is 0.531. The van der Waals surface area contributed by atoms with E-state index in [1.165, 1.54) is 28.0 Å². The first kappa shape index (κ1) is 25.0. The number of para-hydroxylation sites is 1. The molecule has 2 nitrogen and oxygen atoms in total. The minimum absolute atomic E-state index is 0. The van der Waals surface area contributed by atoms with Gasteiger partial charge in [-0.2, -0.15) is 0 Å². The van der Waals surface area contributed by atoms with Gasteiger partial charge in [0.15, 0.2) is 0 Å². The molecule has 0 bridgehead atoms. The Bertz CT molecular complexity index is 830. The summed E-state index contributed by atoms with van der Waals surface area (Å²) in [4.78, 5) is 2.23. The van der Waals surface area contributed by atoms with Crippen molar-refractivity contribution in [3.63, 3.8) is 0 Å². The number of allylic oxidation sites excluding steroid dienone is 2. The van der Waals surface area contributed by atoms with E-state index in [2.05, 4.69) is 124 Å². The van der Waals surface area contributed by atoms with E-state index < -0.39 is 0 Å². The zero-order valence-corrected chi connectivity index (χ0v) is 20.0. The Morgan fingerprint density at radius 1 is 0.929 bits per heavy atom. The third-order valence-electron chi connectivity index (χ3n) is 4.95. The van der Waals surface area contributed by atoms with Crippen LogP contribution < -0.4 is 28.2 Å². The van der Waals surface area contributed by atoms with Gasteiger partial charge in [-0.1, -0.05) is 0 Å². The number of hydrogen-bond acceptors (Lipinski definition) is 2. The van der Waals surface area contributed by atoms with E-state index in [0.717, 1.165) is 13.0 Å². The molecule has 0 fully saturated rings. The molecule has 1 aliphatic carbocycles. The van der Waals surface area contributed by atoms with Gasteiger partial charge < -0.3 is 24.8 Å². The Balaban J connectivity index is 0.00000196. The molecule has 3 rings (SSSR count). The first-order valence-electron chi connectivity index (χ1n) is 9.10. The van der Waals surface area contributed by atoms with Crippen molar-refractivity contribution in [3.05, 3.63) is 83.4 Å². The van der Waals surface area contributed by atoms with Gasteiger partial charge in [-0.15, -0.1) is 0 Å². The summed E-state index contributed by atoms with van der Waals surface area (Å²) in [5, 5.41) is 0. The van der Waals surface area contributed by atoms with Crippen LogP contribution in [0.15, 0.2) is 72.3 Å². The fourth-order valence-electron chi connectivity index (χ4n) is 3.56. The maximum Gasteiger partial charge on any atom is -1.00 e. The normalized spacial score (nSPS) is 13.4. The van der Waals surface area contributed by atoms with E-state index in [1.54, 1.807) is 0 Å². The average Bonchev–Trinajstić information content (AvgIpc) is 3.09. The van der Waals surface area contributed by atoms with Crippen molar-refractivity contribution >= 4 is 11.3 Å². The van der Waals surface area contributed by atoms with Crippen LogP contribution in [0, 0.1) is 0 Å². The van der Waals surface area contributed by atoms with Crippen LogP contribution in [0.1, 0.15) is 31.4 Å². The Kier molecular flexibility index (Phi) is 9.53. The van der Waals surface area contributed by atoms with Gasteiger partial charge in [0.2, 0.25) is 0 Å². The van der Waals surface area contributed by atoms with Crippen molar-refractivity contribution in [3.8, 4) is 0 Å². The van der Waals surface area contributed by atoms with Gasteiger partial charge >= 0.3 is 170 Å². The Morgan fingerprint density at radius 2 is 1.54 bits per heavy atom. The predicted octanol–water partition coefficient (Wildman–Crippen LogP) is -0.827. The first-order chi connectivity index (χ1) is 12.4. The topological polar surface area (TPSA) is 6.48 Å².